The number of carboxylic acid groups (broad SMARTS) is 1. The number of likely N-dealkylation sites (tertiary alicyclic amines) is 1. The van der Waals surface area contributed by atoms with Gasteiger partial charge >= 0.3 is 5.97 Å². The first-order chi connectivity index (χ1) is 19.3. The van der Waals surface area contributed by atoms with Crippen LogP contribution in [0.3, 0.4) is 0 Å². The van der Waals surface area contributed by atoms with Crippen LogP contribution in [0.25, 0.3) is 0 Å². The van der Waals surface area contributed by atoms with E-state index in [0.29, 0.717) is 31.0 Å². The van der Waals surface area contributed by atoms with Crippen LogP contribution in [0.4, 0.5) is 10.2 Å². The second kappa shape index (κ2) is 14.3. The number of aliphatic carboxylic acids is 1. The van der Waals surface area contributed by atoms with Crippen molar-refractivity contribution in [2.24, 2.45) is 5.92 Å². The molecule has 0 unspecified atom stereocenters. The van der Waals surface area contributed by atoms with Crippen molar-refractivity contribution in [3.63, 3.8) is 0 Å². The summed E-state index contributed by atoms with van der Waals surface area (Å²) >= 11 is 0. The number of unbranched alkanes of at least 4 members (excludes halogenated alkanes) is 2. The first-order valence-corrected chi connectivity index (χ1v) is 15.0. The van der Waals surface area contributed by atoms with E-state index in [4.69, 9.17) is 9.72 Å². The topological polar surface area (TPSA) is 77.9 Å². The average Bonchev–Trinajstić information content (AvgIpc) is 3.41. The lowest BCUT2D eigenvalue weighted by atomic mass is 9.96. The number of anilines is 1. The highest BCUT2D eigenvalue weighted by atomic mass is 19.1. The van der Waals surface area contributed by atoms with Crippen molar-refractivity contribution in [1.82, 2.24) is 14.8 Å². The van der Waals surface area contributed by atoms with Crippen molar-refractivity contribution >= 4 is 11.8 Å². The Bertz CT molecular complexity index is 1140. The number of halogens is 1. The fourth-order valence-corrected chi connectivity index (χ4v) is 6.07. The molecule has 220 valence electrons. The number of aromatic nitrogens is 1. The van der Waals surface area contributed by atoms with E-state index in [9.17, 15) is 14.3 Å². The lowest BCUT2D eigenvalue weighted by Gasteiger charge is -2.28. The van der Waals surface area contributed by atoms with Crippen LogP contribution >= 0.6 is 0 Å². The maximum atomic E-state index is 15.0. The molecular weight excluding hydrogens is 507 g/mol. The Hall–Kier alpha value is -2.71. The molecule has 40 heavy (non-hydrogen) atoms. The van der Waals surface area contributed by atoms with Gasteiger partial charge in [0.2, 0.25) is 0 Å². The summed E-state index contributed by atoms with van der Waals surface area (Å²) in [6.07, 6.45) is 9.13. The third kappa shape index (κ3) is 7.72. The van der Waals surface area contributed by atoms with E-state index in [1.54, 1.807) is 0 Å². The van der Waals surface area contributed by atoms with Gasteiger partial charge in [0.25, 0.3) is 0 Å². The van der Waals surface area contributed by atoms with E-state index in [2.05, 4.69) is 43.2 Å². The number of hydrogen-bond donors (Lipinski definition) is 2. The molecule has 1 saturated heterocycles. The summed E-state index contributed by atoms with van der Waals surface area (Å²) in [5, 5.41) is 13.7. The van der Waals surface area contributed by atoms with Gasteiger partial charge in [-0.2, -0.15) is 0 Å². The quantitative estimate of drug-likeness (QED) is 0.289. The zero-order chi connectivity index (χ0) is 28.6. The van der Waals surface area contributed by atoms with Gasteiger partial charge in [-0.15, -0.1) is 0 Å². The zero-order valence-electron chi connectivity index (χ0n) is 24.7. The summed E-state index contributed by atoms with van der Waals surface area (Å²) in [7, 11) is 3.54. The van der Waals surface area contributed by atoms with Crippen LogP contribution in [-0.2, 0) is 24.1 Å². The maximum Gasteiger partial charge on any atom is 0.325 e. The standard InChI is InChI=1S/C32H47FN4O3/c1-22(2)11-12-23-19-27(30(40-4)28(33)20-23)29(32(38)39)37-18-15-26(21-37)36(3)17-7-5-6-10-25-14-13-24-9-8-16-34-31(24)35-25/h13-14,19-20,22,26,29H,5-12,15-18,21H2,1-4H3,(H,34,35)(H,38,39)/t26-,29-/m1/s1. The molecular formula is C32H47FN4O3. The molecule has 3 heterocycles. The van der Waals surface area contributed by atoms with Crippen LogP contribution in [0.15, 0.2) is 24.3 Å². The molecule has 0 aliphatic carbocycles. The number of pyridine rings is 1. The lowest BCUT2D eigenvalue weighted by Crippen LogP contribution is -2.38. The fraction of sp³-hybridized carbons (Fsp3) is 0.625. The summed E-state index contributed by atoms with van der Waals surface area (Å²) in [4.78, 5) is 21.7. The van der Waals surface area contributed by atoms with Gasteiger partial charge in [-0.3, -0.25) is 9.69 Å². The monoisotopic (exact) mass is 554 g/mol. The molecule has 8 heteroatoms. The predicted molar refractivity (Wildman–Crippen MR) is 158 cm³/mol. The molecule has 0 amide bonds. The SMILES string of the molecule is COc1c(F)cc(CCC(C)C)cc1[C@H](C(=O)O)N1CC[C@@H](N(C)CCCCCc2ccc3c(n2)NCCC3)C1. The number of nitrogens with zero attached hydrogens (tertiary/aromatic N) is 3. The molecule has 0 spiro atoms. The smallest absolute Gasteiger partial charge is 0.325 e. The Morgan fingerprint density at radius 1 is 1.25 bits per heavy atom. The summed E-state index contributed by atoms with van der Waals surface area (Å²) in [5.41, 5.74) is 3.73. The molecule has 2 aromatic rings. The van der Waals surface area contributed by atoms with Crippen molar-refractivity contribution in [3.05, 3.63) is 52.5 Å². The molecule has 2 atom stereocenters. The van der Waals surface area contributed by atoms with E-state index < -0.39 is 17.8 Å². The second-order valence-corrected chi connectivity index (χ2v) is 11.9. The molecule has 2 N–H and O–H groups in total. The molecule has 2 aliphatic rings. The van der Waals surface area contributed by atoms with E-state index in [-0.39, 0.29) is 11.8 Å². The normalized spacial score (nSPS) is 18.1. The minimum Gasteiger partial charge on any atom is -0.493 e. The molecule has 1 aromatic carbocycles. The highest BCUT2D eigenvalue weighted by Gasteiger charge is 2.37. The Labute approximate surface area is 239 Å². The van der Waals surface area contributed by atoms with E-state index in [1.807, 2.05) is 11.0 Å². The minimum absolute atomic E-state index is 0.0432. The van der Waals surface area contributed by atoms with Crippen LogP contribution < -0.4 is 10.1 Å². The average molecular weight is 555 g/mol. The predicted octanol–water partition coefficient (Wildman–Crippen LogP) is 5.72. The summed E-state index contributed by atoms with van der Waals surface area (Å²) in [6, 6.07) is 7.07. The van der Waals surface area contributed by atoms with Gasteiger partial charge in [0.05, 0.1) is 7.11 Å². The van der Waals surface area contributed by atoms with Crippen LogP contribution in [0.1, 0.15) is 80.8 Å². The summed E-state index contributed by atoms with van der Waals surface area (Å²) in [5.74, 6) is 0.141. The van der Waals surface area contributed by atoms with Gasteiger partial charge in [-0.25, -0.2) is 9.37 Å². The zero-order valence-corrected chi connectivity index (χ0v) is 24.7. The molecule has 0 bridgehead atoms. The van der Waals surface area contributed by atoms with Gasteiger partial charge in [0.1, 0.15) is 11.9 Å². The number of nitrogens with one attached hydrogen (secondary N) is 1. The molecule has 7 nitrogen and oxygen atoms in total. The highest BCUT2D eigenvalue weighted by molar-refractivity contribution is 5.77. The Balaban J connectivity index is 1.30. The first-order valence-electron chi connectivity index (χ1n) is 15.0. The summed E-state index contributed by atoms with van der Waals surface area (Å²) in [6.45, 7) is 7.54. The van der Waals surface area contributed by atoms with Gasteiger partial charge in [-0.05, 0) is 100 Å². The number of carboxylic acids is 1. The lowest BCUT2D eigenvalue weighted by molar-refractivity contribution is -0.143. The van der Waals surface area contributed by atoms with Crippen molar-refractivity contribution in [2.45, 2.75) is 83.7 Å². The third-order valence-corrected chi connectivity index (χ3v) is 8.45. The number of aryl methyl sites for hydroxylation is 3. The fourth-order valence-electron chi connectivity index (χ4n) is 6.07. The molecule has 1 fully saturated rings. The number of hydrogen-bond acceptors (Lipinski definition) is 6. The highest BCUT2D eigenvalue weighted by Crippen LogP contribution is 2.36. The van der Waals surface area contributed by atoms with E-state index >= 15 is 0 Å². The van der Waals surface area contributed by atoms with E-state index in [1.165, 1.54) is 25.2 Å². The first kappa shape index (κ1) is 30.3. The van der Waals surface area contributed by atoms with Crippen molar-refractivity contribution in [2.75, 3.05) is 45.7 Å². The van der Waals surface area contributed by atoms with E-state index in [0.717, 1.165) is 75.1 Å². The summed E-state index contributed by atoms with van der Waals surface area (Å²) < 4.78 is 20.4. The van der Waals surface area contributed by atoms with Gasteiger partial charge in [0.15, 0.2) is 11.6 Å². The van der Waals surface area contributed by atoms with Crippen LogP contribution in [0.5, 0.6) is 5.75 Å². The minimum atomic E-state index is -0.965. The van der Waals surface area contributed by atoms with Crippen LogP contribution in [0, 0.1) is 11.7 Å². The van der Waals surface area contributed by atoms with Gasteiger partial charge in [0, 0.05) is 36.9 Å². The van der Waals surface area contributed by atoms with Gasteiger partial charge in [-0.1, -0.05) is 26.3 Å². The Kier molecular flexibility index (Phi) is 10.8. The number of carbonyl (C=O) groups is 1. The van der Waals surface area contributed by atoms with Crippen molar-refractivity contribution < 1.29 is 19.0 Å². The van der Waals surface area contributed by atoms with Crippen molar-refractivity contribution in [3.8, 4) is 5.75 Å². The van der Waals surface area contributed by atoms with Crippen LogP contribution in [-0.4, -0.2) is 72.2 Å². The molecule has 0 saturated carbocycles. The Morgan fingerprint density at radius 3 is 2.83 bits per heavy atom. The number of methoxy groups -OCH3 is 1. The molecule has 2 aliphatic heterocycles. The number of ether oxygens (including phenoxy) is 1. The number of benzene rings is 1. The largest absolute Gasteiger partial charge is 0.493 e. The number of fused-ring (bicyclic) bond motifs is 1. The molecule has 4 rings (SSSR count). The van der Waals surface area contributed by atoms with Crippen LogP contribution in [0.2, 0.25) is 0 Å². The molecule has 1 aromatic heterocycles. The van der Waals surface area contributed by atoms with Crippen molar-refractivity contribution in [1.29, 1.82) is 0 Å². The Morgan fingerprint density at radius 2 is 2.08 bits per heavy atom. The number of likely N-dealkylation sites (N-methyl/N-ethyl adjacent to an activating group) is 1. The number of rotatable bonds is 14. The molecule has 0 radical (unpaired) electrons. The van der Waals surface area contributed by atoms with Gasteiger partial charge < -0.3 is 20.1 Å². The maximum absolute atomic E-state index is 15.0. The third-order valence-electron chi connectivity index (χ3n) is 8.45. The second-order valence-electron chi connectivity index (χ2n) is 11.9.